The highest BCUT2D eigenvalue weighted by atomic mass is 32.2. The van der Waals surface area contributed by atoms with Crippen molar-refractivity contribution in [1.82, 2.24) is 0 Å². The van der Waals surface area contributed by atoms with Gasteiger partial charge in [0, 0.05) is 12.2 Å². The van der Waals surface area contributed by atoms with Crippen LogP contribution in [-0.2, 0) is 22.6 Å². The van der Waals surface area contributed by atoms with Crippen LogP contribution < -0.4 is 14.9 Å². The van der Waals surface area contributed by atoms with Crippen molar-refractivity contribution in [2.45, 2.75) is 23.9 Å². The van der Waals surface area contributed by atoms with E-state index < -0.39 is 39.3 Å². The van der Waals surface area contributed by atoms with Gasteiger partial charge in [-0.3, -0.25) is 4.31 Å². The number of carbonyl (C=O) groups excluding carboxylic acids is 1. The van der Waals surface area contributed by atoms with Crippen molar-refractivity contribution in [3.05, 3.63) is 83.7 Å². The predicted octanol–water partition coefficient (Wildman–Crippen LogP) is 5.63. The van der Waals surface area contributed by atoms with Gasteiger partial charge in [-0.1, -0.05) is 18.2 Å². The van der Waals surface area contributed by atoms with Crippen LogP contribution in [0.25, 0.3) is 0 Å². The fourth-order valence-corrected chi connectivity index (χ4v) is 5.26. The molecule has 3 aromatic rings. The van der Waals surface area contributed by atoms with Gasteiger partial charge in [-0.2, -0.15) is 13.2 Å². The van der Waals surface area contributed by atoms with E-state index >= 15 is 0 Å². The molecule has 0 aliphatic carbocycles. The maximum absolute atomic E-state index is 13.3. The molecule has 2 amide bonds. The van der Waals surface area contributed by atoms with Gasteiger partial charge in [0.1, 0.15) is 5.82 Å². The smallest absolute Gasteiger partial charge is 0.308 e. The fraction of sp³-hybridized carbons (Fsp3) is 0.174. The lowest BCUT2D eigenvalue weighted by atomic mass is 10.0. The zero-order valence-electron chi connectivity index (χ0n) is 17.6. The number of para-hydroxylation sites is 1. The normalized spacial score (nSPS) is 13.8. The van der Waals surface area contributed by atoms with Crippen LogP contribution in [0.3, 0.4) is 0 Å². The first-order chi connectivity index (χ1) is 16.1. The average molecular weight is 493 g/mol. The molecule has 1 aliphatic heterocycles. The lowest BCUT2D eigenvalue weighted by Gasteiger charge is -2.31. The second kappa shape index (κ2) is 8.98. The number of carbonyl (C=O) groups is 1. The zero-order valence-corrected chi connectivity index (χ0v) is 18.4. The maximum Gasteiger partial charge on any atom is 0.418 e. The van der Waals surface area contributed by atoms with Crippen molar-refractivity contribution in [3.8, 4) is 0 Å². The van der Waals surface area contributed by atoms with E-state index in [1.807, 2.05) is 0 Å². The summed E-state index contributed by atoms with van der Waals surface area (Å²) in [6, 6.07) is 12.7. The summed E-state index contributed by atoms with van der Waals surface area (Å²) in [6.07, 6.45) is -3.48. The summed E-state index contributed by atoms with van der Waals surface area (Å²) in [7, 11) is -3.99. The number of anilines is 3. The summed E-state index contributed by atoms with van der Waals surface area (Å²) < 4.78 is 80.3. The van der Waals surface area contributed by atoms with E-state index in [2.05, 4.69) is 10.6 Å². The third-order valence-corrected chi connectivity index (χ3v) is 7.13. The number of aryl methyl sites for hydroxylation is 1. The number of benzene rings is 3. The van der Waals surface area contributed by atoms with E-state index in [4.69, 9.17) is 0 Å². The summed E-state index contributed by atoms with van der Waals surface area (Å²) in [6.45, 7) is 0.182. The number of nitrogens with one attached hydrogen (secondary N) is 2. The Hall–Kier alpha value is -3.60. The Bertz CT molecular complexity index is 1330. The number of hydrogen-bond donors (Lipinski definition) is 2. The summed E-state index contributed by atoms with van der Waals surface area (Å²) in [4.78, 5) is 12.3. The van der Waals surface area contributed by atoms with Gasteiger partial charge in [-0.25, -0.2) is 17.6 Å². The average Bonchev–Trinajstić information content (AvgIpc) is 2.78. The third kappa shape index (κ3) is 4.84. The monoisotopic (exact) mass is 493 g/mol. The standard InChI is InChI=1S/C23H19F4N3O3S/c24-16-8-11-18(12-9-16)34(32,33)30-13-3-4-15-7-10-17(14-21(15)30)28-22(31)29-20-6-2-1-5-19(20)23(25,26)27/h1-2,5-12,14H,3-4,13H2,(H2,28,29,31). The van der Waals surface area contributed by atoms with Crippen molar-refractivity contribution in [2.75, 3.05) is 21.5 Å². The van der Waals surface area contributed by atoms with E-state index in [1.165, 1.54) is 34.6 Å². The summed E-state index contributed by atoms with van der Waals surface area (Å²) in [5, 5.41) is 4.63. The first-order valence-corrected chi connectivity index (χ1v) is 11.7. The molecular weight excluding hydrogens is 474 g/mol. The Balaban J connectivity index is 1.59. The van der Waals surface area contributed by atoms with Crippen LogP contribution in [0.2, 0.25) is 0 Å². The Kier molecular flexibility index (Phi) is 6.22. The number of hydrogen-bond acceptors (Lipinski definition) is 3. The minimum atomic E-state index is -4.65. The minimum Gasteiger partial charge on any atom is -0.308 e. The molecule has 0 fully saturated rings. The van der Waals surface area contributed by atoms with Crippen LogP contribution in [0.1, 0.15) is 17.5 Å². The van der Waals surface area contributed by atoms with Crippen molar-refractivity contribution < 1.29 is 30.8 Å². The van der Waals surface area contributed by atoms with Gasteiger partial charge >= 0.3 is 12.2 Å². The molecule has 0 saturated carbocycles. The number of sulfonamides is 1. The van der Waals surface area contributed by atoms with Crippen molar-refractivity contribution in [3.63, 3.8) is 0 Å². The third-order valence-electron chi connectivity index (χ3n) is 5.30. The number of fused-ring (bicyclic) bond motifs is 1. The molecule has 34 heavy (non-hydrogen) atoms. The molecule has 3 aromatic carbocycles. The Morgan fingerprint density at radius 3 is 2.35 bits per heavy atom. The molecular formula is C23H19F4N3O3S. The zero-order chi connectivity index (χ0) is 24.5. The van der Waals surface area contributed by atoms with Crippen molar-refractivity contribution in [2.24, 2.45) is 0 Å². The Morgan fingerprint density at radius 1 is 0.941 bits per heavy atom. The van der Waals surface area contributed by atoms with Crippen molar-refractivity contribution in [1.29, 1.82) is 0 Å². The van der Waals surface area contributed by atoms with Gasteiger partial charge in [0.05, 0.1) is 21.8 Å². The van der Waals surface area contributed by atoms with Gasteiger partial charge in [0.25, 0.3) is 10.0 Å². The van der Waals surface area contributed by atoms with Gasteiger partial charge in [0.2, 0.25) is 0 Å². The molecule has 6 nitrogen and oxygen atoms in total. The van der Waals surface area contributed by atoms with Gasteiger partial charge in [-0.15, -0.1) is 0 Å². The van der Waals surface area contributed by atoms with Crippen molar-refractivity contribution >= 4 is 33.1 Å². The minimum absolute atomic E-state index is 0.0818. The first-order valence-electron chi connectivity index (χ1n) is 10.2. The topological polar surface area (TPSA) is 78.5 Å². The van der Waals surface area contributed by atoms with Gasteiger partial charge in [-0.05, 0) is 66.9 Å². The summed E-state index contributed by atoms with van der Waals surface area (Å²) in [5.41, 5.74) is -0.144. The quantitative estimate of drug-likeness (QED) is 0.463. The SMILES string of the molecule is O=C(Nc1ccc2c(c1)N(S(=O)(=O)c1ccc(F)cc1)CCC2)Nc1ccccc1C(F)(F)F. The van der Waals surface area contributed by atoms with E-state index in [1.54, 1.807) is 12.1 Å². The van der Waals surface area contributed by atoms with E-state index in [0.717, 1.165) is 29.8 Å². The highest BCUT2D eigenvalue weighted by Gasteiger charge is 2.34. The molecule has 0 spiro atoms. The lowest BCUT2D eigenvalue weighted by molar-refractivity contribution is -0.136. The first kappa shape index (κ1) is 23.6. The molecule has 0 aromatic heterocycles. The summed E-state index contributed by atoms with van der Waals surface area (Å²) in [5.74, 6) is -0.567. The predicted molar refractivity (Wildman–Crippen MR) is 120 cm³/mol. The molecule has 0 bridgehead atoms. The van der Waals surface area contributed by atoms with Gasteiger partial charge < -0.3 is 10.6 Å². The number of rotatable bonds is 4. The molecule has 0 atom stereocenters. The Labute approximate surface area is 193 Å². The largest absolute Gasteiger partial charge is 0.418 e. The summed E-state index contributed by atoms with van der Waals surface area (Å²) >= 11 is 0. The van der Waals surface area contributed by atoms with Crippen LogP contribution in [0.15, 0.2) is 71.6 Å². The molecule has 1 heterocycles. The van der Waals surface area contributed by atoms with Gasteiger partial charge in [0.15, 0.2) is 0 Å². The molecule has 178 valence electrons. The number of urea groups is 1. The highest BCUT2D eigenvalue weighted by Crippen LogP contribution is 2.36. The number of nitrogens with zero attached hydrogens (tertiary/aromatic N) is 1. The fourth-order valence-electron chi connectivity index (χ4n) is 3.73. The molecule has 0 unspecified atom stereocenters. The van der Waals surface area contributed by atoms with Crippen LogP contribution >= 0.6 is 0 Å². The molecule has 4 rings (SSSR count). The second-order valence-electron chi connectivity index (χ2n) is 7.60. The van der Waals surface area contributed by atoms with E-state index in [0.29, 0.717) is 18.5 Å². The Morgan fingerprint density at radius 2 is 1.65 bits per heavy atom. The van der Waals surface area contributed by atoms with E-state index in [9.17, 15) is 30.8 Å². The highest BCUT2D eigenvalue weighted by molar-refractivity contribution is 7.92. The molecule has 1 aliphatic rings. The second-order valence-corrected chi connectivity index (χ2v) is 9.46. The van der Waals surface area contributed by atoms with Crippen LogP contribution in [0.5, 0.6) is 0 Å². The van der Waals surface area contributed by atoms with Crippen LogP contribution in [0, 0.1) is 5.82 Å². The molecule has 11 heteroatoms. The molecule has 0 radical (unpaired) electrons. The lowest BCUT2D eigenvalue weighted by Crippen LogP contribution is -2.35. The number of halogens is 4. The molecule has 2 N–H and O–H groups in total. The number of amides is 2. The molecule has 0 saturated heterocycles. The maximum atomic E-state index is 13.3. The van der Waals surface area contributed by atoms with E-state index in [-0.39, 0.29) is 17.1 Å². The number of alkyl halides is 3. The van der Waals surface area contributed by atoms with Crippen LogP contribution in [0.4, 0.5) is 39.4 Å². The van der Waals surface area contributed by atoms with Crippen LogP contribution in [-0.4, -0.2) is 21.0 Å².